The minimum Gasteiger partial charge on any atom is -0.346 e. The van der Waals surface area contributed by atoms with Gasteiger partial charge in [-0.1, -0.05) is 31.4 Å². The molecular formula is C18H30O2. The Morgan fingerprint density at radius 2 is 1.60 bits per heavy atom. The highest BCUT2D eigenvalue weighted by Crippen LogP contribution is 2.53. The maximum atomic E-state index is 6.04. The van der Waals surface area contributed by atoms with E-state index in [2.05, 4.69) is 20.1 Å². The lowest BCUT2D eigenvalue weighted by atomic mass is 9.66. The maximum Gasteiger partial charge on any atom is 0.169 e. The van der Waals surface area contributed by atoms with Crippen LogP contribution in [0.25, 0.3) is 0 Å². The smallest absolute Gasteiger partial charge is 0.169 e. The normalized spacial score (nSPS) is 25.8. The summed E-state index contributed by atoms with van der Waals surface area (Å²) in [6, 6.07) is 0. The van der Waals surface area contributed by atoms with Crippen molar-refractivity contribution >= 4 is 0 Å². The summed E-state index contributed by atoms with van der Waals surface area (Å²) in [7, 11) is 0. The largest absolute Gasteiger partial charge is 0.346 e. The zero-order chi connectivity index (χ0) is 14.5. The number of ether oxygens (including phenoxy) is 2. The molecule has 0 aliphatic heterocycles. The van der Waals surface area contributed by atoms with Crippen molar-refractivity contribution in [3.05, 3.63) is 25.3 Å². The van der Waals surface area contributed by atoms with Crippen LogP contribution in [0.5, 0.6) is 0 Å². The topological polar surface area (TPSA) is 18.5 Å². The monoisotopic (exact) mass is 278 g/mol. The van der Waals surface area contributed by atoms with Gasteiger partial charge >= 0.3 is 0 Å². The number of hydrogen-bond acceptors (Lipinski definition) is 2. The van der Waals surface area contributed by atoms with Crippen LogP contribution in [0.15, 0.2) is 25.3 Å². The van der Waals surface area contributed by atoms with Crippen molar-refractivity contribution in [2.45, 2.75) is 64.1 Å². The molecule has 2 nitrogen and oxygen atoms in total. The van der Waals surface area contributed by atoms with Gasteiger partial charge in [-0.2, -0.15) is 0 Å². The van der Waals surface area contributed by atoms with Crippen molar-refractivity contribution in [3.8, 4) is 0 Å². The highest BCUT2D eigenvalue weighted by Gasteiger charge is 2.45. The minimum absolute atomic E-state index is 0.488. The summed E-state index contributed by atoms with van der Waals surface area (Å²) in [6.07, 6.45) is 14.4. The standard InChI is InChI=1S/C18H30O2/c1-4-13-19-17(3,20-14-5-2)16-9-8-12-18(15-16)10-6-7-11-18/h4-5,16H,1-2,6-15H2,3H3. The first kappa shape index (κ1) is 15.8. The highest BCUT2D eigenvalue weighted by atomic mass is 16.7. The van der Waals surface area contributed by atoms with E-state index in [1.165, 1.54) is 51.4 Å². The van der Waals surface area contributed by atoms with Crippen LogP contribution in [-0.4, -0.2) is 19.0 Å². The van der Waals surface area contributed by atoms with Crippen molar-refractivity contribution in [3.63, 3.8) is 0 Å². The summed E-state index contributed by atoms with van der Waals surface area (Å²) in [5.74, 6) is 0.00697. The molecule has 0 amide bonds. The Morgan fingerprint density at radius 3 is 2.15 bits per heavy atom. The fourth-order valence-corrected chi connectivity index (χ4v) is 4.20. The highest BCUT2D eigenvalue weighted by molar-refractivity contribution is 4.94. The van der Waals surface area contributed by atoms with E-state index in [9.17, 15) is 0 Å². The molecule has 2 rings (SSSR count). The van der Waals surface area contributed by atoms with E-state index in [4.69, 9.17) is 9.47 Å². The van der Waals surface area contributed by atoms with Gasteiger partial charge in [0.25, 0.3) is 0 Å². The molecule has 0 heterocycles. The van der Waals surface area contributed by atoms with Crippen molar-refractivity contribution in [2.24, 2.45) is 11.3 Å². The molecule has 2 saturated carbocycles. The van der Waals surface area contributed by atoms with E-state index in [0.29, 0.717) is 24.5 Å². The summed E-state index contributed by atoms with van der Waals surface area (Å²) in [4.78, 5) is 0. The lowest BCUT2D eigenvalue weighted by Crippen LogP contribution is -2.45. The zero-order valence-electron chi connectivity index (χ0n) is 13.0. The summed E-state index contributed by atoms with van der Waals surface area (Å²) in [5.41, 5.74) is 0.583. The number of hydrogen-bond donors (Lipinski definition) is 0. The van der Waals surface area contributed by atoms with Gasteiger partial charge < -0.3 is 9.47 Å². The SMILES string of the molecule is C=CCOC(C)(OCC=C)C1CCCC2(CCCC2)C1. The van der Waals surface area contributed by atoms with Gasteiger partial charge in [0.15, 0.2) is 5.79 Å². The van der Waals surface area contributed by atoms with Gasteiger partial charge in [0, 0.05) is 5.92 Å². The molecule has 0 radical (unpaired) electrons. The lowest BCUT2D eigenvalue weighted by molar-refractivity contribution is -0.255. The van der Waals surface area contributed by atoms with E-state index >= 15 is 0 Å². The second kappa shape index (κ2) is 6.91. The Balaban J connectivity index is 2.06. The van der Waals surface area contributed by atoms with E-state index in [1.54, 1.807) is 0 Å². The Labute approximate surface area is 124 Å². The minimum atomic E-state index is -0.488. The Kier molecular flexibility index (Phi) is 5.45. The van der Waals surface area contributed by atoms with Crippen LogP contribution in [0.1, 0.15) is 58.3 Å². The molecule has 114 valence electrons. The van der Waals surface area contributed by atoms with Gasteiger partial charge in [-0.25, -0.2) is 0 Å². The van der Waals surface area contributed by atoms with Gasteiger partial charge in [0.05, 0.1) is 13.2 Å². The first-order valence-corrected chi connectivity index (χ1v) is 8.14. The van der Waals surface area contributed by atoms with E-state index < -0.39 is 5.79 Å². The van der Waals surface area contributed by atoms with Crippen LogP contribution < -0.4 is 0 Å². The predicted octanol–water partition coefficient (Wildman–Crippen LogP) is 4.86. The third kappa shape index (κ3) is 3.53. The molecule has 2 aliphatic carbocycles. The molecule has 2 fully saturated rings. The lowest BCUT2D eigenvalue weighted by Gasteiger charge is -2.45. The molecule has 0 aromatic rings. The third-order valence-corrected chi connectivity index (χ3v) is 5.32. The Bertz CT molecular complexity index is 316. The van der Waals surface area contributed by atoms with Crippen molar-refractivity contribution < 1.29 is 9.47 Å². The summed E-state index contributed by atoms with van der Waals surface area (Å²) < 4.78 is 12.1. The van der Waals surface area contributed by atoms with Crippen LogP contribution in [0.4, 0.5) is 0 Å². The quantitative estimate of drug-likeness (QED) is 0.489. The second-order valence-electron chi connectivity index (χ2n) is 6.72. The van der Waals surface area contributed by atoms with Crippen LogP contribution >= 0.6 is 0 Å². The molecule has 0 aromatic heterocycles. The van der Waals surface area contributed by atoms with Gasteiger partial charge in [-0.15, -0.1) is 13.2 Å². The molecular weight excluding hydrogens is 248 g/mol. The third-order valence-electron chi connectivity index (χ3n) is 5.32. The molecule has 2 aliphatic rings. The fraction of sp³-hybridized carbons (Fsp3) is 0.778. The molecule has 0 aromatic carbocycles. The van der Waals surface area contributed by atoms with Crippen molar-refractivity contribution in [1.29, 1.82) is 0 Å². The van der Waals surface area contributed by atoms with Gasteiger partial charge in [0.2, 0.25) is 0 Å². The first-order valence-electron chi connectivity index (χ1n) is 8.14. The van der Waals surface area contributed by atoms with Crippen LogP contribution in [0.3, 0.4) is 0 Å². The van der Waals surface area contributed by atoms with Gasteiger partial charge in [0.1, 0.15) is 0 Å². The summed E-state index contributed by atoms with van der Waals surface area (Å²) >= 11 is 0. The Hall–Kier alpha value is -0.600. The van der Waals surface area contributed by atoms with Gasteiger partial charge in [-0.3, -0.25) is 0 Å². The van der Waals surface area contributed by atoms with E-state index in [0.717, 1.165) is 0 Å². The molecule has 1 atom stereocenters. The van der Waals surface area contributed by atoms with Crippen LogP contribution in [0, 0.1) is 11.3 Å². The predicted molar refractivity (Wildman–Crippen MR) is 83.6 cm³/mol. The van der Waals surface area contributed by atoms with E-state index in [-0.39, 0.29) is 0 Å². The zero-order valence-corrected chi connectivity index (χ0v) is 13.0. The van der Waals surface area contributed by atoms with Crippen molar-refractivity contribution in [2.75, 3.05) is 13.2 Å². The Morgan fingerprint density at radius 1 is 1.05 bits per heavy atom. The molecule has 1 unspecified atom stereocenters. The fourth-order valence-electron chi connectivity index (χ4n) is 4.20. The molecule has 2 heteroatoms. The molecule has 0 bridgehead atoms. The molecule has 20 heavy (non-hydrogen) atoms. The van der Waals surface area contributed by atoms with Gasteiger partial charge in [-0.05, 0) is 44.4 Å². The number of rotatable bonds is 7. The summed E-state index contributed by atoms with van der Waals surface area (Å²) in [5, 5.41) is 0. The second-order valence-corrected chi connectivity index (χ2v) is 6.72. The van der Waals surface area contributed by atoms with Crippen molar-refractivity contribution in [1.82, 2.24) is 0 Å². The average Bonchev–Trinajstić information content (AvgIpc) is 2.91. The molecule has 0 N–H and O–H groups in total. The summed E-state index contributed by atoms with van der Waals surface area (Å²) in [6.45, 7) is 10.7. The molecule has 1 spiro atoms. The molecule has 0 saturated heterocycles. The van der Waals surface area contributed by atoms with Crippen LogP contribution in [-0.2, 0) is 9.47 Å². The average molecular weight is 278 g/mol. The maximum absolute atomic E-state index is 6.04. The first-order chi connectivity index (χ1) is 9.64. The van der Waals surface area contributed by atoms with Crippen LogP contribution in [0.2, 0.25) is 0 Å². The van der Waals surface area contributed by atoms with E-state index in [1.807, 2.05) is 12.2 Å².